The molecule has 0 saturated carbocycles. The summed E-state index contributed by atoms with van der Waals surface area (Å²) < 4.78 is 13.7. The third kappa shape index (κ3) is 4.50. The minimum atomic E-state index is -0.534. The van der Waals surface area contributed by atoms with Crippen LogP contribution in [0.5, 0.6) is 0 Å². The highest BCUT2D eigenvalue weighted by atomic mass is 35.5. The van der Waals surface area contributed by atoms with Crippen molar-refractivity contribution in [1.29, 1.82) is 5.26 Å². The largest absolute Gasteiger partial charge is 0.373 e. The van der Waals surface area contributed by atoms with Crippen molar-refractivity contribution in [2.45, 2.75) is 19.1 Å². The van der Waals surface area contributed by atoms with Gasteiger partial charge in [-0.05, 0) is 47.0 Å². The van der Waals surface area contributed by atoms with Gasteiger partial charge in [-0.3, -0.25) is 4.98 Å². The van der Waals surface area contributed by atoms with Crippen molar-refractivity contribution < 1.29 is 4.39 Å². The number of hydrogen-bond acceptors (Lipinski definition) is 7. The SMILES string of the molecule is N#Cc1cnc2c(Cl)cc(NC(c3ccc4c(c3)CNC4)c3cn[nH]n3)cc2c1Nc1ccc(F)c(Cl)c1. The van der Waals surface area contributed by atoms with Crippen LogP contribution in [0.3, 0.4) is 0 Å². The van der Waals surface area contributed by atoms with Crippen LogP contribution in [0.2, 0.25) is 10.0 Å². The van der Waals surface area contributed by atoms with Crippen LogP contribution in [0.1, 0.15) is 34.0 Å². The molecule has 38 heavy (non-hydrogen) atoms. The number of nitriles is 1. The summed E-state index contributed by atoms with van der Waals surface area (Å²) in [7, 11) is 0. The number of halogens is 3. The summed E-state index contributed by atoms with van der Waals surface area (Å²) >= 11 is 12.7. The normalized spacial score (nSPS) is 13.2. The van der Waals surface area contributed by atoms with E-state index in [-0.39, 0.29) is 11.1 Å². The number of aromatic amines is 1. The van der Waals surface area contributed by atoms with Gasteiger partial charge in [0.2, 0.25) is 0 Å². The van der Waals surface area contributed by atoms with E-state index in [1.165, 1.54) is 29.5 Å². The highest BCUT2D eigenvalue weighted by Crippen LogP contribution is 2.37. The number of nitrogens with zero attached hydrogens (tertiary/aromatic N) is 4. The monoisotopic (exact) mass is 544 g/mol. The lowest BCUT2D eigenvalue weighted by Gasteiger charge is -2.20. The Morgan fingerprint density at radius 1 is 0.974 bits per heavy atom. The summed E-state index contributed by atoms with van der Waals surface area (Å²) in [4.78, 5) is 4.41. The molecule has 6 rings (SSSR count). The molecule has 2 aromatic heterocycles. The standard InChI is InChI=1S/C27H19Cl2FN8/c28-21-7-18(3-4-23(21)30)35-25-17(9-31)12-33-27-20(25)6-19(8-22(27)29)36-26(24-13-34-38-37-24)14-1-2-15-10-32-11-16(15)5-14/h1-8,12-13,26,32,36H,10-11H2,(H,33,35)(H,34,37,38). The predicted molar refractivity (Wildman–Crippen MR) is 145 cm³/mol. The Bertz CT molecular complexity index is 1720. The summed E-state index contributed by atoms with van der Waals surface area (Å²) in [5.41, 5.74) is 6.71. The van der Waals surface area contributed by atoms with E-state index in [4.69, 9.17) is 23.2 Å². The molecule has 4 N–H and O–H groups in total. The summed E-state index contributed by atoms with van der Waals surface area (Å²) in [6.45, 7) is 1.66. The maximum absolute atomic E-state index is 13.7. The number of benzene rings is 3. The number of pyridine rings is 1. The van der Waals surface area contributed by atoms with Crippen LogP contribution in [-0.2, 0) is 13.1 Å². The molecule has 11 heteroatoms. The van der Waals surface area contributed by atoms with Gasteiger partial charge >= 0.3 is 0 Å². The Morgan fingerprint density at radius 3 is 2.61 bits per heavy atom. The second kappa shape index (κ2) is 9.91. The van der Waals surface area contributed by atoms with Crippen molar-refractivity contribution in [2.24, 2.45) is 0 Å². The van der Waals surface area contributed by atoms with Gasteiger partial charge in [-0.1, -0.05) is 41.4 Å². The van der Waals surface area contributed by atoms with Crippen molar-refractivity contribution in [3.05, 3.63) is 105 Å². The molecule has 0 fully saturated rings. The first kappa shape index (κ1) is 24.1. The summed E-state index contributed by atoms with van der Waals surface area (Å²) in [6, 6.07) is 16.1. The molecule has 1 atom stereocenters. The molecule has 1 unspecified atom stereocenters. The molecule has 8 nitrogen and oxygen atoms in total. The van der Waals surface area contributed by atoms with Gasteiger partial charge in [-0.25, -0.2) is 4.39 Å². The number of fused-ring (bicyclic) bond motifs is 2. The van der Waals surface area contributed by atoms with E-state index in [0.717, 1.165) is 18.7 Å². The number of anilines is 3. The van der Waals surface area contributed by atoms with Gasteiger partial charge in [-0.2, -0.15) is 20.7 Å². The van der Waals surface area contributed by atoms with Crippen LogP contribution < -0.4 is 16.0 Å². The highest BCUT2D eigenvalue weighted by Gasteiger charge is 2.21. The third-order valence-corrected chi connectivity index (χ3v) is 7.05. The fourth-order valence-corrected chi connectivity index (χ4v) is 5.07. The topological polar surface area (TPSA) is 114 Å². The number of hydrogen-bond donors (Lipinski definition) is 4. The summed E-state index contributed by atoms with van der Waals surface area (Å²) in [5.74, 6) is -0.534. The lowest BCUT2D eigenvalue weighted by atomic mass is 9.98. The fraction of sp³-hybridized carbons (Fsp3) is 0.111. The number of nitrogens with one attached hydrogen (secondary N) is 4. The Kier molecular flexibility index (Phi) is 6.29. The van der Waals surface area contributed by atoms with E-state index in [2.05, 4.69) is 60.6 Å². The Balaban J connectivity index is 1.44. The molecule has 1 aliphatic rings. The first-order valence-electron chi connectivity index (χ1n) is 11.7. The average Bonchev–Trinajstić information content (AvgIpc) is 3.62. The van der Waals surface area contributed by atoms with Crippen LogP contribution in [0.15, 0.2) is 60.9 Å². The third-order valence-electron chi connectivity index (χ3n) is 6.47. The minimum Gasteiger partial charge on any atom is -0.373 e. The Hall–Kier alpha value is -4.23. The van der Waals surface area contributed by atoms with Crippen molar-refractivity contribution in [1.82, 2.24) is 25.7 Å². The molecule has 5 aromatic rings. The second-order valence-electron chi connectivity index (χ2n) is 8.87. The molecule has 3 heterocycles. The van der Waals surface area contributed by atoms with E-state index >= 15 is 0 Å². The van der Waals surface area contributed by atoms with Crippen molar-refractivity contribution in [3.63, 3.8) is 0 Å². The Labute approximate surface area is 226 Å². The molecule has 0 aliphatic carbocycles. The molecular weight excluding hydrogens is 526 g/mol. The van der Waals surface area contributed by atoms with Crippen LogP contribution >= 0.6 is 23.2 Å². The van der Waals surface area contributed by atoms with Crippen LogP contribution in [0.25, 0.3) is 10.9 Å². The molecule has 0 radical (unpaired) electrons. The molecular formula is C27H19Cl2FN8. The summed E-state index contributed by atoms with van der Waals surface area (Å²) in [6.07, 6.45) is 3.12. The van der Waals surface area contributed by atoms with Crippen LogP contribution in [0, 0.1) is 17.1 Å². The second-order valence-corrected chi connectivity index (χ2v) is 9.69. The highest BCUT2D eigenvalue weighted by molar-refractivity contribution is 6.36. The van der Waals surface area contributed by atoms with Crippen molar-refractivity contribution in [3.8, 4) is 6.07 Å². The van der Waals surface area contributed by atoms with E-state index in [1.807, 2.05) is 6.07 Å². The van der Waals surface area contributed by atoms with E-state index in [1.54, 1.807) is 18.3 Å². The molecule has 0 spiro atoms. The molecule has 0 amide bonds. The fourth-order valence-electron chi connectivity index (χ4n) is 4.62. The number of rotatable bonds is 6. The van der Waals surface area contributed by atoms with E-state index < -0.39 is 5.82 Å². The lowest BCUT2D eigenvalue weighted by molar-refractivity contribution is 0.628. The maximum Gasteiger partial charge on any atom is 0.141 e. The van der Waals surface area contributed by atoms with Crippen LogP contribution in [-0.4, -0.2) is 20.4 Å². The first-order valence-corrected chi connectivity index (χ1v) is 12.4. The van der Waals surface area contributed by atoms with Gasteiger partial charge in [0.25, 0.3) is 0 Å². The minimum absolute atomic E-state index is 0.0349. The van der Waals surface area contributed by atoms with Crippen LogP contribution in [0.4, 0.5) is 21.5 Å². The predicted octanol–water partition coefficient (Wildman–Crippen LogP) is 6.22. The zero-order chi connectivity index (χ0) is 26.2. The maximum atomic E-state index is 13.7. The van der Waals surface area contributed by atoms with E-state index in [9.17, 15) is 9.65 Å². The molecule has 3 aromatic carbocycles. The lowest BCUT2D eigenvalue weighted by Crippen LogP contribution is -2.13. The van der Waals surface area contributed by atoms with Crippen molar-refractivity contribution >= 4 is 51.2 Å². The molecule has 0 saturated heterocycles. The Morgan fingerprint density at radius 2 is 1.82 bits per heavy atom. The average molecular weight is 545 g/mol. The van der Waals surface area contributed by atoms with Crippen molar-refractivity contribution in [2.75, 3.05) is 10.6 Å². The van der Waals surface area contributed by atoms with Gasteiger partial charge in [0.05, 0.1) is 39.1 Å². The van der Waals surface area contributed by atoms with Gasteiger partial charge in [-0.15, -0.1) is 0 Å². The zero-order valence-electron chi connectivity index (χ0n) is 19.7. The molecule has 0 bridgehead atoms. The zero-order valence-corrected chi connectivity index (χ0v) is 21.2. The quantitative estimate of drug-likeness (QED) is 0.200. The number of aromatic nitrogens is 4. The van der Waals surface area contributed by atoms with Gasteiger partial charge < -0.3 is 16.0 Å². The molecule has 1 aliphatic heterocycles. The van der Waals surface area contributed by atoms with Gasteiger partial charge in [0, 0.05) is 36.0 Å². The smallest absolute Gasteiger partial charge is 0.141 e. The molecule has 188 valence electrons. The van der Waals surface area contributed by atoms with E-state index in [0.29, 0.717) is 44.2 Å². The number of H-pyrrole nitrogens is 1. The van der Waals surface area contributed by atoms with Gasteiger partial charge in [0.1, 0.15) is 17.6 Å². The summed E-state index contributed by atoms with van der Waals surface area (Å²) in [5, 5.41) is 31.9. The van der Waals surface area contributed by atoms with Gasteiger partial charge in [0.15, 0.2) is 0 Å². The first-order chi connectivity index (χ1) is 18.5.